The molecule has 0 unspecified atom stereocenters. The molecule has 3 N–H and O–H groups in total. The summed E-state index contributed by atoms with van der Waals surface area (Å²) in [6, 6.07) is 3.88. The lowest BCUT2D eigenvalue weighted by Crippen LogP contribution is -2.48. The standard InChI is InChI=1S/C19H17F4N5O5/c1-18(7-12(19(21,22)23)33-16(28-18)27-17(30)31)14-10(20)4-6-13(25-14)26-15(29)11-5-3-9(32-2)8-24-11/h3-6,8,12H,7H2,1-2H3,(H,27,28)(H,30,31)(H,25,26,29)/t12-,18-/m0/s1. The van der Waals surface area contributed by atoms with E-state index in [1.54, 1.807) is 5.32 Å². The Labute approximate surface area is 183 Å². The van der Waals surface area contributed by atoms with Gasteiger partial charge in [0.05, 0.1) is 13.3 Å². The first kappa shape index (κ1) is 23.7. The van der Waals surface area contributed by atoms with Crippen molar-refractivity contribution >= 4 is 23.8 Å². The molecular weight excluding hydrogens is 454 g/mol. The van der Waals surface area contributed by atoms with Gasteiger partial charge in [-0.05, 0) is 31.2 Å². The molecule has 10 nitrogen and oxygen atoms in total. The SMILES string of the molecule is COc1ccc(C(=O)Nc2ccc(F)c([C@]3(C)C[C@@H](C(F)(F)F)OC(NC(=O)O)=N3)n2)nc1. The number of aromatic nitrogens is 2. The zero-order chi connectivity index (χ0) is 24.4. The van der Waals surface area contributed by atoms with E-state index < -0.39 is 53.8 Å². The Morgan fingerprint density at radius 1 is 1.24 bits per heavy atom. The lowest BCUT2D eigenvalue weighted by molar-refractivity contribution is -0.208. The first-order valence-corrected chi connectivity index (χ1v) is 9.23. The smallest absolute Gasteiger partial charge is 0.425 e. The van der Waals surface area contributed by atoms with Crippen molar-refractivity contribution in [2.75, 3.05) is 12.4 Å². The summed E-state index contributed by atoms with van der Waals surface area (Å²) in [7, 11) is 1.42. The second-order valence-corrected chi connectivity index (χ2v) is 7.04. The maximum atomic E-state index is 14.6. The van der Waals surface area contributed by atoms with Crippen molar-refractivity contribution in [3.63, 3.8) is 0 Å². The molecule has 2 aromatic rings. The molecule has 33 heavy (non-hydrogen) atoms. The first-order valence-electron chi connectivity index (χ1n) is 9.23. The normalized spacial score (nSPS) is 20.3. The van der Waals surface area contributed by atoms with Crippen molar-refractivity contribution in [1.82, 2.24) is 15.3 Å². The molecule has 0 saturated heterocycles. The molecule has 3 heterocycles. The van der Waals surface area contributed by atoms with Crippen LogP contribution in [-0.4, -0.2) is 52.5 Å². The van der Waals surface area contributed by atoms with Gasteiger partial charge in [-0.25, -0.2) is 29.5 Å². The van der Waals surface area contributed by atoms with E-state index >= 15 is 0 Å². The fraction of sp³-hybridized carbons (Fsp3) is 0.316. The molecule has 2 aromatic heterocycles. The molecule has 1 aliphatic rings. The van der Waals surface area contributed by atoms with Crippen LogP contribution >= 0.6 is 0 Å². The zero-order valence-corrected chi connectivity index (χ0v) is 17.1. The van der Waals surface area contributed by atoms with Gasteiger partial charge in [0.1, 0.15) is 34.3 Å². The molecule has 2 amide bonds. The van der Waals surface area contributed by atoms with Crippen LogP contribution in [0.2, 0.25) is 0 Å². The predicted octanol–water partition coefficient (Wildman–Crippen LogP) is 3.07. The summed E-state index contributed by atoms with van der Waals surface area (Å²) in [6.45, 7) is 1.14. The minimum Gasteiger partial charge on any atom is -0.495 e. The number of nitrogens with zero attached hydrogens (tertiary/aromatic N) is 3. The molecule has 0 fully saturated rings. The second kappa shape index (κ2) is 8.88. The quantitative estimate of drug-likeness (QED) is 0.584. The van der Waals surface area contributed by atoms with Gasteiger partial charge in [0, 0.05) is 6.42 Å². The third kappa shape index (κ3) is 5.45. The number of aliphatic imine (C=N–C) groups is 1. The molecule has 0 spiro atoms. The predicted molar refractivity (Wildman–Crippen MR) is 104 cm³/mol. The lowest BCUT2D eigenvalue weighted by Gasteiger charge is -2.35. The number of pyridine rings is 2. The van der Waals surface area contributed by atoms with E-state index in [4.69, 9.17) is 9.84 Å². The summed E-state index contributed by atoms with van der Waals surface area (Å²) in [5.41, 5.74) is -2.55. The molecule has 1 aliphatic heterocycles. The van der Waals surface area contributed by atoms with Crippen molar-refractivity contribution in [2.45, 2.75) is 31.2 Å². The Morgan fingerprint density at radius 2 is 1.97 bits per heavy atom. The number of carbonyl (C=O) groups is 2. The van der Waals surface area contributed by atoms with Gasteiger partial charge in [0.2, 0.25) is 0 Å². The summed E-state index contributed by atoms with van der Waals surface area (Å²) in [4.78, 5) is 34.9. The molecule has 3 rings (SSSR count). The summed E-state index contributed by atoms with van der Waals surface area (Å²) < 4.78 is 64.2. The van der Waals surface area contributed by atoms with Crippen LogP contribution in [0.15, 0.2) is 35.5 Å². The minimum absolute atomic E-state index is 0.0242. The van der Waals surface area contributed by atoms with Crippen LogP contribution in [0.5, 0.6) is 5.75 Å². The number of alkyl halides is 3. The molecule has 0 aromatic carbocycles. The fourth-order valence-corrected chi connectivity index (χ4v) is 3.02. The molecule has 2 atom stereocenters. The van der Waals surface area contributed by atoms with Crippen LogP contribution in [0.4, 0.5) is 28.2 Å². The Balaban J connectivity index is 1.94. The molecule has 0 saturated carbocycles. The Hall–Kier alpha value is -3.97. The van der Waals surface area contributed by atoms with E-state index in [1.165, 1.54) is 25.4 Å². The highest BCUT2D eigenvalue weighted by Crippen LogP contribution is 2.40. The third-order valence-corrected chi connectivity index (χ3v) is 4.57. The first-order chi connectivity index (χ1) is 15.4. The van der Waals surface area contributed by atoms with Crippen molar-refractivity contribution in [3.05, 3.63) is 47.7 Å². The number of rotatable bonds is 4. The van der Waals surface area contributed by atoms with Gasteiger partial charge >= 0.3 is 12.3 Å². The zero-order valence-electron chi connectivity index (χ0n) is 17.1. The average molecular weight is 471 g/mol. The summed E-state index contributed by atoms with van der Waals surface area (Å²) in [6.07, 6.45) is -8.69. The van der Waals surface area contributed by atoms with Gasteiger partial charge in [0.25, 0.3) is 11.9 Å². The van der Waals surface area contributed by atoms with Crippen molar-refractivity contribution in [2.24, 2.45) is 4.99 Å². The molecule has 14 heteroatoms. The minimum atomic E-state index is -4.90. The largest absolute Gasteiger partial charge is 0.495 e. The van der Waals surface area contributed by atoms with Crippen LogP contribution in [0.3, 0.4) is 0 Å². The van der Waals surface area contributed by atoms with Gasteiger partial charge in [-0.3, -0.25) is 4.79 Å². The summed E-state index contributed by atoms with van der Waals surface area (Å²) in [5.74, 6) is -1.51. The number of hydrogen-bond acceptors (Lipinski definition) is 7. The number of amidine groups is 1. The summed E-state index contributed by atoms with van der Waals surface area (Å²) >= 11 is 0. The average Bonchev–Trinajstić information content (AvgIpc) is 2.73. The maximum absolute atomic E-state index is 14.6. The van der Waals surface area contributed by atoms with Crippen LogP contribution in [-0.2, 0) is 10.3 Å². The van der Waals surface area contributed by atoms with Crippen molar-refractivity contribution < 1.29 is 41.7 Å². The third-order valence-electron chi connectivity index (χ3n) is 4.57. The highest BCUT2D eigenvalue weighted by molar-refractivity contribution is 6.02. The van der Waals surface area contributed by atoms with Crippen molar-refractivity contribution in [1.29, 1.82) is 0 Å². The monoisotopic (exact) mass is 471 g/mol. The number of carboxylic acid groups (broad SMARTS) is 1. The molecule has 176 valence electrons. The van der Waals surface area contributed by atoms with E-state index in [0.29, 0.717) is 5.75 Å². The fourth-order valence-electron chi connectivity index (χ4n) is 3.02. The highest BCUT2D eigenvalue weighted by atomic mass is 19.4. The van der Waals surface area contributed by atoms with Crippen LogP contribution in [0.25, 0.3) is 0 Å². The lowest BCUT2D eigenvalue weighted by atomic mass is 9.89. The Morgan fingerprint density at radius 3 is 2.55 bits per heavy atom. The van der Waals surface area contributed by atoms with Crippen molar-refractivity contribution in [3.8, 4) is 5.75 Å². The van der Waals surface area contributed by atoms with E-state index in [9.17, 15) is 27.2 Å². The van der Waals surface area contributed by atoms with E-state index in [2.05, 4.69) is 25.0 Å². The number of halogens is 4. The molecule has 0 bridgehead atoms. The van der Waals surface area contributed by atoms with Gasteiger partial charge in [-0.15, -0.1) is 0 Å². The highest BCUT2D eigenvalue weighted by Gasteiger charge is 2.51. The topological polar surface area (TPSA) is 135 Å². The van der Waals surface area contributed by atoms with E-state index in [-0.39, 0.29) is 11.5 Å². The number of carbonyl (C=O) groups excluding carboxylic acids is 1. The van der Waals surface area contributed by atoms with Gasteiger partial charge < -0.3 is 19.9 Å². The van der Waals surface area contributed by atoms with Gasteiger partial charge in [-0.2, -0.15) is 13.2 Å². The number of methoxy groups -OCH3 is 1. The van der Waals surface area contributed by atoms with Gasteiger partial charge in [0.15, 0.2) is 6.10 Å². The van der Waals surface area contributed by atoms with Crippen LogP contribution in [0.1, 0.15) is 29.5 Å². The number of hydrogen-bond donors (Lipinski definition) is 3. The second-order valence-electron chi connectivity index (χ2n) is 7.04. The number of nitrogens with one attached hydrogen (secondary N) is 2. The number of anilines is 1. The number of ether oxygens (including phenoxy) is 2. The molecule has 0 aliphatic carbocycles. The van der Waals surface area contributed by atoms with Gasteiger partial charge in [-0.1, -0.05) is 0 Å². The summed E-state index contributed by atoms with van der Waals surface area (Å²) in [5, 5.41) is 12.8. The van der Waals surface area contributed by atoms with Crippen LogP contribution < -0.4 is 15.4 Å². The Bertz CT molecular complexity index is 1090. The molecular formula is C19H17F4N5O5. The number of amides is 2. The van der Waals surface area contributed by atoms with Crippen LogP contribution in [0, 0.1) is 5.82 Å². The maximum Gasteiger partial charge on any atom is 0.425 e. The Kier molecular flexibility index (Phi) is 6.37. The van der Waals surface area contributed by atoms with E-state index in [1.807, 2.05) is 0 Å². The molecule has 0 radical (unpaired) electrons. The van der Waals surface area contributed by atoms with E-state index in [0.717, 1.165) is 19.1 Å².